The number of aliphatic hydroxyl groups excluding tert-OH is 2. The molecule has 0 saturated heterocycles. The summed E-state index contributed by atoms with van der Waals surface area (Å²) in [6.45, 7) is 6.29. The molecule has 0 aliphatic rings. The van der Waals surface area contributed by atoms with E-state index in [0.29, 0.717) is 19.3 Å². The fraction of sp³-hybridized carbons (Fsp3) is 0.661. The second-order valence-electron chi connectivity index (χ2n) is 17.7. The fourth-order valence-corrected chi connectivity index (χ4v) is 7.47. The predicted octanol–water partition coefficient (Wildman–Crippen LogP) is 16.3. The summed E-state index contributed by atoms with van der Waals surface area (Å²) in [6, 6.07) is -0.731. The highest BCUT2D eigenvalue weighted by molar-refractivity contribution is 5.77. The molecule has 1 amide bonds. The monoisotopic (exact) mass is 902 g/mol. The van der Waals surface area contributed by atoms with E-state index < -0.39 is 18.2 Å². The van der Waals surface area contributed by atoms with E-state index in [2.05, 4.69) is 80.8 Å². The molecule has 370 valence electrons. The van der Waals surface area contributed by atoms with Crippen LogP contribution in [0.25, 0.3) is 0 Å². The van der Waals surface area contributed by atoms with Crippen LogP contribution in [0.2, 0.25) is 0 Å². The standard InChI is InChI=1S/C59H99NO5/c1-4-7-10-13-16-19-22-25-28-29-31-34-37-40-43-46-49-52-59(64)65-55(50-47-44-41-38-35-32-30-26-23-20-17-14-11-8-5-2)53-58(63)60-56(54-61)57(62)51-48-45-42-39-36-33-27-24-21-18-15-12-9-6-3/h7,10,13,16-17,19-20,22,25-26,28-31,34-35,37-38,55-57,61-62H,4-6,8-9,11-12,14-15,18,21,23-24,27,32-33,36,39-54H2,1-3H3,(H,60,63)/b10-7-,16-13+,20-17-,22-19+,28-25-,30-26-,31-29+,37-34+,38-35-. The second-order valence-corrected chi connectivity index (χ2v) is 17.7. The molecule has 0 aromatic rings. The molecule has 3 N–H and O–H groups in total. The van der Waals surface area contributed by atoms with Crippen molar-refractivity contribution in [2.24, 2.45) is 0 Å². The molecule has 0 heterocycles. The predicted molar refractivity (Wildman–Crippen MR) is 282 cm³/mol. The number of carbonyl (C=O) groups excluding carboxylic acids is 2. The van der Waals surface area contributed by atoms with Gasteiger partial charge in [0.2, 0.25) is 5.91 Å². The molecule has 0 spiro atoms. The van der Waals surface area contributed by atoms with E-state index in [1.54, 1.807) is 0 Å². The lowest BCUT2D eigenvalue weighted by molar-refractivity contribution is -0.151. The van der Waals surface area contributed by atoms with Gasteiger partial charge in [0.05, 0.1) is 25.2 Å². The van der Waals surface area contributed by atoms with E-state index >= 15 is 0 Å². The number of unbranched alkanes of at least 4 members (excludes halogenated alkanes) is 21. The number of ether oxygens (including phenoxy) is 1. The van der Waals surface area contributed by atoms with Crippen LogP contribution in [0.3, 0.4) is 0 Å². The molecule has 0 rings (SSSR count). The quantitative estimate of drug-likeness (QED) is 0.0245. The summed E-state index contributed by atoms with van der Waals surface area (Å²) < 4.78 is 5.90. The Morgan fingerprint density at radius 1 is 0.477 bits per heavy atom. The molecule has 0 aliphatic heterocycles. The van der Waals surface area contributed by atoms with Crippen LogP contribution in [0.5, 0.6) is 0 Å². The van der Waals surface area contributed by atoms with Crippen molar-refractivity contribution in [2.75, 3.05) is 6.61 Å². The van der Waals surface area contributed by atoms with Crippen molar-refractivity contribution in [3.8, 4) is 0 Å². The van der Waals surface area contributed by atoms with Gasteiger partial charge in [0.25, 0.3) is 0 Å². The van der Waals surface area contributed by atoms with Gasteiger partial charge >= 0.3 is 5.97 Å². The van der Waals surface area contributed by atoms with Crippen molar-refractivity contribution in [3.63, 3.8) is 0 Å². The van der Waals surface area contributed by atoms with Gasteiger partial charge in [0.1, 0.15) is 6.10 Å². The van der Waals surface area contributed by atoms with E-state index in [1.807, 2.05) is 54.7 Å². The Labute approximate surface area is 400 Å². The molecular weight excluding hydrogens is 803 g/mol. The number of allylic oxidation sites excluding steroid dienone is 18. The maximum absolute atomic E-state index is 13.2. The third-order valence-corrected chi connectivity index (χ3v) is 11.5. The number of rotatable bonds is 46. The van der Waals surface area contributed by atoms with Crippen LogP contribution in [0.1, 0.15) is 226 Å². The van der Waals surface area contributed by atoms with Crippen LogP contribution in [0.4, 0.5) is 0 Å². The molecule has 0 saturated carbocycles. The lowest BCUT2D eigenvalue weighted by Gasteiger charge is -2.24. The third-order valence-electron chi connectivity index (χ3n) is 11.5. The van der Waals surface area contributed by atoms with E-state index in [-0.39, 0.29) is 24.9 Å². The highest BCUT2D eigenvalue weighted by Gasteiger charge is 2.24. The van der Waals surface area contributed by atoms with E-state index in [9.17, 15) is 19.8 Å². The zero-order valence-corrected chi connectivity index (χ0v) is 42.1. The molecule has 65 heavy (non-hydrogen) atoms. The van der Waals surface area contributed by atoms with Crippen molar-refractivity contribution in [1.82, 2.24) is 5.32 Å². The van der Waals surface area contributed by atoms with E-state index in [0.717, 1.165) is 83.5 Å². The molecule has 0 bridgehead atoms. The van der Waals surface area contributed by atoms with E-state index in [4.69, 9.17) is 4.74 Å². The lowest BCUT2D eigenvalue weighted by atomic mass is 10.0. The van der Waals surface area contributed by atoms with Crippen LogP contribution >= 0.6 is 0 Å². The molecule has 0 radical (unpaired) electrons. The summed E-state index contributed by atoms with van der Waals surface area (Å²) in [5, 5.41) is 23.8. The van der Waals surface area contributed by atoms with Crippen LogP contribution in [-0.2, 0) is 14.3 Å². The van der Waals surface area contributed by atoms with Gasteiger partial charge in [-0.1, -0.05) is 239 Å². The van der Waals surface area contributed by atoms with Crippen LogP contribution in [-0.4, -0.2) is 46.9 Å². The smallest absolute Gasteiger partial charge is 0.306 e. The molecule has 0 fully saturated rings. The Kier molecular flexibility index (Phi) is 48.7. The van der Waals surface area contributed by atoms with Crippen LogP contribution in [0.15, 0.2) is 109 Å². The van der Waals surface area contributed by atoms with Gasteiger partial charge < -0.3 is 20.3 Å². The summed E-state index contributed by atoms with van der Waals surface area (Å²) in [5.41, 5.74) is 0. The molecule has 3 atom stereocenters. The van der Waals surface area contributed by atoms with Crippen molar-refractivity contribution in [3.05, 3.63) is 109 Å². The highest BCUT2D eigenvalue weighted by Crippen LogP contribution is 2.17. The number of carbonyl (C=O) groups is 2. The summed E-state index contributed by atoms with van der Waals surface area (Å²) in [6.07, 6.45) is 70.0. The van der Waals surface area contributed by atoms with Gasteiger partial charge in [-0.2, -0.15) is 0 Å². The largest absolute Gasteiger partial charge is 0.462 e. The van der Waals surface area contributed by atoms with Gasteiger partial charge in [-0.3, -0.25) is 9.59 Å². The number of esters is 1. The third kappa shape index (κ3) is 46.8. The average molecular weight is 902 g/mol. The number of hydrogen-bond donors (Lipinski definition) is 3. The summed E-state index contributed by atoms with van der Waals surface area (Å²) in [5.74, 6) is -0.571. The Bertz CT molecular complexity index is 1330. The van der Waals surface area contributed by atoms with Gasteiger partial charge in [-0.15, -0.1) is 0 Å². The second kappa shape index (κ2) is 51.5. The van der Waals surface area contributed by atoms with Crippen LogP contribution < -0.4 is 5.32 Å². The number of aliphatic hydroxyl groups is 2. The fourth-order valence-electron chi connectivity index (χ4n) is 7.47. The topological polar surface area (TPSA) is 95.9 Å². The molecule has 0 aliphatic carbocycles. The summed E-state index contributed by atoms with van der Waals surface area (Å²) in [7, 11) is 0. The van der Waals surface area contributed by atoms with Crippen molar-refractivity contribution in [1.29, 1.82) is 0 Å². The minimum atomic E-state index is -0.813. The first-order chi connectivity index (χ1) is 32.0. The van der Waals surface area contributed by atoms with Crippen molar-refractivity contribution in [2.45, 2.75) is 244 Å². The number of amides is 1. The average Bonchev–Trinajstić information content (AvgIpc) is 3.30. The molecular formula is C59H99NO5. The lowest BCUT2D eigenvalue weighted by Crippen LogP contribution is -2.46. The minimum absolute atomic E-state index is 0.0268. The minimum Gasteiger partial charge on any atom is -0.462 e. The Morgan fingerprint density at radius 3 is 1.43 bits per heavy atom. The van der Waals surface area contributed by atoms with Crippen LogP contribution in [0, 0.1) is 0 Å². The van der Waals surface area contributed by atoms with Gasteiger partial charge in [-0.05, 0) is 83.5 Å². The van der Waals surface area contributed by atoms with Crippen molar-refractivity contribution >= 4 is 11.9 Å². The Morgan fingerprint density at radius 2 is 0.892 bits per heavy atom. The molecule has 6 nitrogen and oxygen atoms in total. The number of hydrogen-bond acceptors (Lipinski definition) is 5. The molecule has 0 aromatic heterocycles. The normalized spacial score (nSPS) is 14.1. The zero-order valence-electron chi connectivity index (χ0n) is 42.1. The summed E-state index contributed by atoms with van der Waals surface area (Å²) in [4.78, 5) is 26.2. The van der Waals surface area contributed by atoms with Crippen molar-refractivity contribution < 1.29 is 24.5 Å². The highest BCUT2D eigenvalue weighted by atomic mass is 16.5. The first-order valence-corrected chi connectivity index (χ1v) is 26.7. The Balaban J connectivity index is 4.76. The SMILES string of the molecule is CC\C=C/C=C/C=C/C=C\C=C\C=C\CCCCCC(=O)OC(CCCC/C=C\C/C=C\C/C=C\CCCCC)CC(=O)NC(CO)C(O)CCCCCCCCCCCCCCCC. The molecule has 3 unspecified atom stereocenters. The van der Waals surface area contributed by atoms with Gasteiger partial charge in [-0.25, -0.2) is 0 Å². The zero-order chi connectivity index (χ0) is 47.4. The summed E-state index contributed by atoms with van der Waals surface area (Å²) >= 11 is 0. The maximum Gasteiger partial charge on any atom is 0.306 e. The van der Waals surface area contributed by atoms with Gasteiger partial charge in [0.15, 0.2) is 0 Å². The number of nitrogens with one attached hydrogen (secondary N) is 1. The first-order valence-electron chi connectivity index (χ1n) is 26.7. The van der Waals surface area contributed by atoms with Gasteiger partial charge in [0, 0.05) is 6.42 Å². The van der Waals surface area contributed by atoms with E-state index in [1.165, 1.54) is 96.3 Å². The Hall–Kier alpha value is -3.48. The molecule has 6 heteroatoms. The first kappa shape index (κ1) is 61.5. The molecule has 0 aromatic carbocycles. The maximum atomic E-state index is 13.2.